The fraction of sp³-hybridized carbons (Fsp3) is 0.444. The van der Waals surface area contributed by atoms with Gasteiger partial charge in [-0.15, -0.1) is 5.73 Å². The Morgan fingerprint density at radius 2 is 1.69 bits per heavy atom. The molecule has 0 atom stereocenters. The molecule has 1 heterocycles. The van der Waals surface area contributed by atoms with Crippen molar-refractivity contribution in [2.24, 2.45) is 0 Å². The highest BCUT2D eigenvalue weighted by atomic mass is 32.2. The smallest absolute Gasteiger partial charge is 0.166 e. The Morgan fingerprint density at radius 1 is 1.15 bits per heavy atom. The van der Waals surface area contributed by atoms with Crippen LogP contribution in [0.4, 0.5) is 13.2 Å². The number of halogens is 3. The predicted molar refractivity (Wildman–Crippen MR) is 48.2 cm³/mol. The molecule has 0 saturated heterocycles. The van der Waals surface area contributed by atoms with Crippen molar-refractivity contribution < 1.29 is 13.2 Å². The topological polar surface area (TPSA) is 0 Å². The Bertz CT molecular complexity index is 327. The zero-order valence-electron chi connectivity index (χ0n) is 7.54. The number of hydrogen-bond donors (Lipinski definition) is 0. The molecule has 0 aromatic carbocycles. The van der Waals surface area contributed by atoms with Gasteiger partial charge in [-0.05, 0) is 20.8 Å². The van der Waals surface area contributed by atoms with Crippen molar-refractivity contribution in [3.8, 4) is 0 Å². The van der Waals surface area contributed by atoms with E-state index in [-0.39, 0.29) is 5.57 Å². The van der Waals surface area contributed by atoms with E-state index in [1.807, 2.05) is 0 Å². The Morgan fingerprint density at radius 3 is 2.08 bits per heavy atom. The van der Waals surface area contributed by atoms with Gasteiger partial charge in [0, 0.05) is 15.4 Å². The molecular weight excluding hydrogens is 197 g/mol. The van der Waals surface area contributed by atoms with E-state index >= 15 is 0 Å². The maximum atomic E-state index is 12.4. The van der Waals surface area contributed by atoms with Gasteiger partial charge in [-0.1, -0.05) is 11.8 Å². The van der Waals surface area contributed by atoms with Crippen molar-refractivity contribution >= 4 is 11.8 Å². The van der Waals surface area contributed by atoms with Gasteiger partial charge in [-0.3, -0.25) is 0 Å². The van der Waals surface area contributed by atoms with Crippen LogP contribution >= 0.6 is 11.8 Å². The molecule has 1 aliphatic heterocycles. The highest BCUT2D eigenvalue weighted by Crippen LogP contribution is 2.41. The molecule has 0 aromatic heterocycles. The van der Waals surface area contributed by atoms with E-state index in [0.717, 1.165) is 16.7 Å². The molecule has 13 heavy (non-hydrogen) atoms. The minimum atomic E-state index is -4.26. The summed E-state index contributed by atoms with van der Waals surface area (Å²) in [6.07, 6.45) is -4.26. The summed E-state index contributed by atoms with van der Waals surface area (Å²) in [5, 5.41) is 0. The lowest BCUT2D eigenvalue weighted by Crippen LogP contribution is -2.15. The maximum absolute atomic E-state index is 12.4. The number of rotatable bonds is 0. The number of hydrogen-bond acceptors (Lipinski definition) is 1. The average Bonchev–Trinajstić information content (AvgIpc) is 1.78. The van der Waals surface area contributed by atoms with Gasteiger partial charge in [0.2, 0.25) is 0 Å². The third-order valence-electron chi connectivity index (χ3n) is 1.68. The summed E-state index contributed by atoms with van der Waals surface area (Å²) in [7, 11) is 0. The predicted octanol–water partition coefficient (Wildman–Crippen LogP) is 4.02. The summed E-state index contributed by atoms with van der Waals surface area (Å²) in [4.78, 5) is 1.09. The van der Waals surface area contributed by atoms with Crippen molar-refractivity contribution in [1.29, 1.82) is 0 Å². The summed E-state index contributed by atoms with van der Waals surface area (Å²) >= 11 is 1.12. The molecule has 0 amide bonds. The molecule has 1 rings (SSSR count). The van der Waals surface area contributed by atoms with Crippen LogP contribution in [-0.2, 0) is 0 Å². The monoisotopic (exact) mass is 206 g/mol. The Kier molecular flexibility index (Phi) is 2.64. The van der Waals surface area contributed by atoms with Crippen molar-refractivity contribution in [3.05, 3.63) is 26.7 Å². The standard InChI is InChI=1S/C9H9F3S/c1-5-4-6(2)13-7(3)8(5)9(10,11)12/h1-3H3. The number of allylic oxidation sites excluding steroid dienone is 3. The lowest BCUT2D eigenvalue weighted by Gasteiger charge is -2.17. The van der Waals surface area contributed by atoms with Crippen molar-refractivity contribution in [1.82, 2.24) is 0 Å². The fourth-order valence-corrected chi connectivity index (χ4v) is 2.34. The van der Waals surface area contributed by atoms with E-state index in [9.17, 15) is 13.2 Å². The Hall–Kier alpha value is -0.600. The molecule has 0 bridgehead atoms. The van der Waals surface area contributed by atoms with Crippen LogP contribution in [0.25, 0.3) is 0 Å². The SMILES string of the molecule is CC1=C=C(C)C(C(F)(F)F)=C(C)S1. The van der Waals surface area contributed by atoms with E-state index in [2.05, 4.69) is 5.73 Å². The van der Waals surface area contributed by atoms with Crippen molar-refractivity contribution in [3.63, 3.8) is 0 Å². The second-order valence-corrected chi connectivity index (χ2v) is 4.27. The minimum absolute atomic E-state index is 0.182. The van der Waals surface area contributed by atoms with Crippen LogP contribution in [0.15, 0.2) is 26.7 Å². The molecule has 0 unspecified atom stereocenters. The molecule has 1 aliphatic rings. The maximum Gasteiger partial charge on any atom is 0.418 e. The van der Waals surface area contributed by atoms with Crippen LogP contribution < -0.4 is 0 Å². The molecule has 0 saturated carbocycles. The first kappa shape index (κ1) is 10.5. The summed E-state index contributed by atoms with van der Waals surface area (Å²) in [6.45, 7) is 4.68. The first-order chi connectivity index (χ1) is 5.82. The van der Waals surface area contributed by atoms with Gasteiger partial charge in [0.15, 0.2) is 0 Å². The Labute approximate surface area is 79.2 Å². The van der Waals surface area contributed by atoms with Gasteiger partial charge < -0.3 is 0 Å². The highest BCUT2D eigenvalue weighted by Gasteiger charge is 2.37. The van der Waals surface area contributed by atoms with Gasteiger partial charge >= 0.3 is 6.18 Å². The highest BCUT2D eigenvalue weighted by molar-refractivity contribution is 8.06. The molecule has 0 fully saturated rings. The third kappa shape index (κ3) is 2.20. The minimum Gasteiger partial charge on any atom is -0.166 e. The molecule has 72 valence electrons. The Balaban J connectivity index is 3.25. The van der Waals surface area contributed by atoms with E-state index in [1.165, 1.54) is 13.8 Å². The molecule has 0 aromatic rings. The van der Waals surface area contributed by atoms with E-state index in [1.54, 1.807) is 6.92 Å². The first-order valence-corrected chi connectivity index (χ1v) is 4.54. The summed E-state index contributed by atoms with van der Waals surface area (Å²) in [6, 6.07) is 0. The van der Waals surface area contributed by atoms with Crippen molar-refractivity contribution in [2.75, 3.05) is 0 Å². The summed E-state index contributed by atoms with van der Waals surface area (Å²) in [5.74, 6) is 0. The molecule has 0 nitrogen and oxygen atoms in total. The first-order valence-electron chi connectivity index (χ1n) is 3.73. The molecule has 0 N–H and O–H groups in total. The van der Waals surface area contributed by atoms with Crippen LogP contribution in [0.2, 0.25) is 0 Å². The van der Waals surface area contributed by atoms with Crippen molar-refractivity contribution in [2.45, 2.75) is 26.9 Å². The zero-order chi connectivity index (χ0) is 10.2. The van der Waals surface area contributed by atoms with Crippen LogP contribution in [0.5, 0.6) is 0 Å². The van der Waals surface area contributed by atoms with Gasteiger partial charge in [0.1, 0.15) is 0 Å². The normalized spacial score (nSPS) is 18.6. The van der Waals surface area contributed by atoms with E-state index in [4.69, 9.17) is 0 Å². The molecule has 0 aliphatic carbocycles. The largest absolute Gasteiger partial charge is 0.418 e. The molecular formula is C9H9F3S. The average molecular weight is 206 g/mol. The molecule has 0 radical (unpaired) electrons. The second-order valence-electron chi connectivity index (χ2n) is 2.84. The van der Waals surface area contributed by atoms with E-state index in [0.29, 0.717) is 4.91 Å². The van der Waals surface area contributed by atoms with Gasteiger partial charge in [0.05, 0.1) is 5.57 Å². The summed E-state index contributed by atoms with van der Waals surface area (Å²) in [5.41, 5.74) is 2.33. The lowest BCUT2D eigenvalue weighted by atomic mass is 10.1. The van der Waals surface area contributed by atoms with Gasteiger partial charge in [-0.2, -0.15) is 13.2 Å². The number of alkyl halides is 3. The van der Waals surface area contributed by atoms with Crippen LogP contribution in [-0.4, -0.2) is 6.18 Å². The van der Waals surface area contributed by atoms with Gasteiger partial charge in [0.25, 0.3) is 0 Å². The number of thioether (sulfide) groups is 1. The van der Waals surface area contributed by atoms with E-state index < -0.39 is 11.7 Å². The second kappa shape index (κ2) is 3.28. The fourth-order valence-electron chi connectivity index (χ4n) is 1.31. The third-order valence-corrected chi connectivity index (χ3v) is 2.60. The zero-order valence-corrected chi connectivity index (χ0v) is 8.36. The van der Waals surface area contributed by atoms with Crippen LogP contribution in [0, 0.1) is 0 Å². The quantitative estimate of drug-likeness (QED) is 0.539. The van der Waals surface area contributed by atoms with Crippen LogP contribution in [0.3, 0.4) is 0 Å². The van der Waals surface area contributed by atoms with Gasteiger partial charge in [-0.25, -0.2) is 0 Å². The van der Waals surface area contributed by atoms with Crippen LogP contribution in [0.1, 0.15) is 20.8 Å². The lowest BCUT2D eigenvalue weighted by molar-refractivity contribution is -0.0896. The molecule has 0 spiro atoms. The molecule has 4 heteroatoms. The summed E-state index contributed by atoms with van der Waals surface area (Å²) < 4.78 is 37.3.